The van der Waals surface area contributed by atoms with Gasteiger partial charge in [0, 0.05) is 0 Å². The first-order valence-electron chi connectivity index (χ1n) is 9.21. The number of aryl methyl sites for hydroxylation is 2. The number of hydrogen-bond acceptors (Lipinski definition) is 3. The third-order valence-corrected chi connectivity index (χ3v) is 7.57. The molecule has 1 amide bonds. The van der Waals surface area contributed by atoms with E-state index in [-0.39, 0.29) is 11.3 Å². The number of nitrogens with one attached hydrogen (secondary N) is 1. The van der Waals surface area contributed by atoms with Gasteiger partial charge in [0.05, 0.1) is 20.8 Å². The van der Waals surface area contributed by atoms with Crippen LogP contribution in [0.5, 0.6) is 0 Å². The number of carbonyl (C=O) groups is 1. The quantitative estimate of drug-likeness (QED) is 0.829. The molecule has 1 heterocycles. The zero-order chi connectivity index (χ0) is 16.5. The first-order valence-corrected chi connectivity index (χ1v) is 10.0. The molecule has 4 saturated carbocycles. The van der Waals surface area contributed by atoms with Gasteiger partial charge in [-0.3, -0.25) is 4.79 Å². The van der Waals surface area contributed by atoms with E-state index in [1.54, 1.807) is 11.3 Å². The van der Waals surface area contributed by atoms with Crippen LogP contribution in [0.15, 0.2) is 12.1 Å². The molecule has 4 aliphatic carbocycles. The number of hydrogen-bond donors (Lipinski definition) is 1. The summed E-state index contributed by atoms with van der Waals surface area (Å²) in [7, 11) is 0. The maximum atomic E-state index is 13.3. The van der Waals surface area contributed by atoms with E-state index in [9.17, 15) is 4.79 Å². The normalized spacial score (nSPS) is 34.0. The number of fused-ring (bicyclic) bond motifs is 1. The number of thiazole rings is 1. The second-order valence-corrected chi connectivity index (χ2v) is 9.72. The highest BCUT2D eigenvalue weighted by Crippen LogP contribution is 2.60. The molecule has 2 aromatic rings. The van der Waals surface area contributed by atoms with Crippen LogP contribution in [0.25, 0.3) is 10.2 Å². The summed E-state index contributed by atoms with van der Waals surface area (Å²) in [6.07, 6.45) is 7.42. The van der Waals surface area contributed by atoms with Crippen LogP contribution >= 0.6 is 11.3 Å². The fraction of sp³-hybridized carbons (Fsp3) is 0.600. The largest absolute Gasteiger partial charge is 0.323 e. The Balaban J connectivity index is 1.50. The summed E-state index contributed by atoms with van der Waals surface area (Å²) in [6, 6.07) is 4.23. The molecule has 6 rings (SSSR count). The minimum absolute atomic E-state index is 0.103. The monoisotopic (exact) mass is 340 g/mol. The van der Waals surface area contributed by atoms with E-state index in [2.05, 4.69) is 29.4 Å². The Morgan fingerprint density at radius 1 is 1.12 bits per heavy atom. The molecule has 0 spiro atoms. The van der Waals surface area contributed by atoms with Gasteiger partial charge in [-0.2, -0.15) is 0 Å². The third kappa shape index (κ3) is 2.15. The lowest BCUT2D eigenvalue weighted by Gasteiger charge is -2.55. The third-order valence-electron chi connectivity index (χ3n) is 6.63. The van der Waals surface area contributed by atoms with Crippen molar-refractivity contribution in [1.82, 2.24) is 4.98 Å². The van der Waals surface area contributed by atoms with Gasteiger partial charge < -0.3 is 5.32 Å². The van der Waals surface area contributed by atoms with Gasteiger partial charge >= 0.3 is 0 Å². The molecule has 4 bridgehead atoms. The molecule has 0 unspecified atom stereocenters. The van der Waals surface area contributed by atoms with Crippen molar-refractivity contribution < 1.29 is 4.79 Å². The molecule has 1 aromatic heterocycles. The van der Waals surface area contributed by atoms with Gasteiger partial charge in [-0.15, -0.1) is 11.3 Å². The van der Waals surface area contributed by atoms with Gasteiger partial charge in [0.2, 0.25) is 5.91 Å². The second-order valence-electron chi connectivity index (χ2n) is 8.49. The zero-order valence-electron chi connectivity index (χ0n) is 14.4. The van der Waals surface area contributed by atoms with E-state index in [0.717, 1.165) is 58.8 Å². The Kier molecular flexibility index (Phi) is 3.13. The van der Waals surface area contributed by atoms with E-state index < -0.39 is 0 Å². The summed E-state index contributed by atoms with van der Waals surface area (Å²) >= 11 is 1.70. The highest BCUT2D eigenvalue weighted by molar-refractivity contribution is 7.18. The number of rotatable bonds is 2. The number of carbonyl (C=O) groups excluding carboxylic acids is 1. The van der Waals surface area contributed by atoms with Gasteiger partial charge in [0.1, 0.15) is 5.52 Å². The Hall–Kier alpha value is -1.42. The number of benzene rings is 1. The van der Waals surface area contributed by atoms with Crippen LogP contribution < -0.4 is 5.32 Å². The molecule has 0 radical (unpaired) electrons. The van der Waals surface area contributed by atoms with Gasteiger partial charge in [-0.25, -0.2) is 4.98 Å². The smallest absolute Gasteiger partial charge is 0.230 e. The molecule has 1 N–H and O–H groups in total. The molecule has 1 aromatic carbocycles. The predicted octanol–water partition coefficient (Wildman–Crippen LogP) is 5.07. The van der Waals surface area contributed by atoms with E-state index >= 15 is 0 Å². The molecule has 3 nitrogen and oxygen atoms in total. The first-order chi connectivity index (χ1) is 11.5. The van der Waals surface area contributed by atoms with Gasteiger partial charge in [0.15, 0.2) is 0 Å². The van der Waals surface area contributed by atoms with Gasteiger partial charge in [-0.1, -0.05) is 6.07 Å². The summed E-state index contributed by atoms with van der Waals surface area (Å²) < 4.78 is 1.17. The number of amides is 1. The van der Waals surface area contributed by atoms with Crippen molar-refractivity contribution in [2.75, 3.05) is 5.32 Å². The summed E-state index contributed by atoms with van der Waals surface area (Å²) in [6.45, 7) is 4.11. The van der Waals surface area contributed by atoms with Crippen molar-refractivity contribution >= 4 is 33.1 Å². The molecule has 4 aliphatic rings. The Morgan fingerprint density at radius 3 is 2.38 bits per heavy atom. The summed E-state index contributed by atoms with van der Waals surface area (Å²) in [4.78, 5) is 18.0. The lowest BCUT2D eigenvalue weighted by molar-refractivity contribution is -0.140. The number of nitrogens with zero attached hydrogens (tertiary/aromatic N) is 1. The van der Waals surface area contributed by atoms with Crippen LogP contribution in [0, 0.1) is 37.0 Å². The van der Waals surface area contributed by atoms with Crippen molar-refractivity contribution in [3.63, 3.8) is 0 Å². The number of anilines is 1. The first kappa shape index (κ1) is 14.9. The number of aromatic nitrogens is 1. The summed E-state index contributed by atoms with van der Waals surface area (Å²) in [5, 5.41) is 4.39. The van der Waals surface area contributed by atoms with E-state index in [1.165, 1.54) is 24.0 Å². The van der Waals surface area contributed by atoms with Crippen LogP contribution in [0.3, 0.4) is 0 Å². The van der Waals surface area contributed by atoms with Gasteiger partial charge in [-0.05, 0) is 81.8 Å². The Labute approximate surface area is 146 Å². The second kappa shape index (κ2) is 5.04. The average molecular weight is 340 g/mol. The molecule has 0 saturated heterocycles. The van der Waals surface area contributed by atoms with E-state index in [4.69, 9.17) is 0 Å². The minimum Gasteiger partial charge on any atom is -0.323 e. The maximum Gasteiger partial charge on any atom is 0.230 e. The average Bonchev–Trinajstić information content (AvgIpc) is 2.89. The van der Waals surface area contributed by atoms with Crippen molar-refractivity contribution in [2.45, 2.75) is 52.4 Å². The Bertz CT molecular complexity index is 802. The zero-order valence-corrected chi connectivity index (χ0v) is 15.2. The van der Waals surface area contributed by atoms with Crippen molar-refractivity contribution in [3.8, 4) is 0 Å². The fourth-order valence-corrected chi connectivity index (χ4v) is 6.83. The lowest BCUT2D eigenvalue weighted by Crippen LogP contribution is -2.51. The van der Waals surface area contributed by atoms with E-state index in [0.29, 0.717) is 0 Å². The van der Waals surface area contributed by atoms with Crippen LogP contribution in [0.1, 0.15) is 49.1 Å². The molecular weight excluding hydrogens is 316 g/mol. The molecule has 0 aliphatic heterocycles. The lowest BCUT2D eigenvalue weighted by atomic mass is 9.49. The molecule has 24 heavy (non-hydrogen) atoms. The van der Waals surface area contributed by atoms with Gasteiger partial charge in [0.25, 0.3) is 0 Å². The standard InChI is InChI=1S/C20H24N2OS/c1-11-3-4-16-18(21-12(2)24-16)17(11)22-19(23)20-8-13-5-14(9-20)7-15(6-13)10-20/h3-4,13-15H,5-10H2,1-2H3,(H,22,23). The van der Waals surface area contributed by atoms with Crippen molar-refractivity contribution in [3.05, 3.63) is 22.7 Å². The molecule has 4 fully saturated rings. The van der Waals surface area contributed by atoms with Crippen LogP contribution in [0.2, 0.25) is 0 Å². The maximum absolute atomic E-state index is 13.3. The van der Waals surface area contributed by atoms with Crippen molar-refractivity contribution in [1.29, 1.82) is 0 Å². The van der Waals surface area contributed by atoms with Crippen LogP contribution in [-0.2, 0) is 4.79 Å². The molecule has 4 heteroatoms. The molecule has 126 valence electrons. The van der Waals surface area contributed by atoms with Crippen LogP contribution in [0.4, 0.5) is 5.69 Å². The summed E-state index contributed by atoms with van der Waals surface area (Å²) in [5.41, 5.74) is 2.92. The molecular formula is C20H24N2OS. The van der Waals surface area contributed by atoms with E-state index in [1.807, 2.05) is 6.92 Å². The predicted molar refractivity (Wildman–Crippen MR) is 98.3 cm³/mol. The minimum atomic E-state index is -0.103. The summed E-state index contributed by atoms with van der Waals surface area (Å²) in [5.74, 6) is 2.64. The fourth-order valence-electron chi connectivity index (χ4n) is 6.00. The highest BCUT2D eigenvalue weighted by atomic mass is 32.1. The Morgan fingerprint density at radius 2 is 1.75 bits per heavy atom. The van der Waals surface area contributed by atoms with Crippen molar-refractivity contribution in [2.24, 2.45) is 23.2 Å². The topological polar surface area (TPSA) is 42.0 Å². The molecule has 0 atom stereocenters. The SMILES string of the molecule is Cc1nc2c(NC(=O)C34CC5CC(CC(C5)C3)C4)c(C)ccc2s1. The highest BCUT2D eigenvalue weighted by Gasteiger charge is 2.54. The van der Waals surface area contributed by atoms with Crippen LogP contribution in [-0.4, -0.2) is 10.9 Å².